The van der Waals surface area contributed by atoms with E-state index >= 15 is 0 Å². The molecule has 0 atom stereocenters. The minimum Gasteiger partial charge on any atom is -0.355 e. The van der Waals surface area contributed by atoms with Gasteiger partial charge in [-0.05, 0) is 42.9 Å². The van der Waals surface area contributed by atoms with Crippen molar-refractivity contribution in [1.29, 1.82) is 0 Å². The number of aromatic nitrogens is 2. The van der Waals surface area contributed by atoms with E-state index in [2.05, 4.69) is 19.6 Å². The molecule has 1 aliphatic carbocycles. The third-order valence-electron chi connectivity index (χ3n) is 6.21. The smallest absolute Gasteiger partial charge is 0.355 e. The molecule has 0 unspecified atom stereocenters. The van der Waals surface area contributed by atoms with Crippen molar-refractivity contribution >= 4 is 37.4 Å². The Hall–Kier alpha value is -2.24. The van der Waals surface area contributed by atoms with Gasteiger partial charge in [-0.3, -0.25) is 0 Å². The normalized spacial score (nSPS) is 23.7. The predicted octanol–water partition coefficient (Wildman–Crippen LogP) is 4.13. The maximum Gasteiger partial charge on any atom is 0.393 e. The number of halogens is 3. The maximum absolute atomic E-state index is 12.8. The molecule has 2 aromatic heterocycles. The Bertz CT molecular complexity index is 1240. The second-order valence-electron chi connectivity index (χ2n) is 8.63. The molecule has 1 N–H and O–H groups in total. The lowest BCUT2D eigenvalue weighted by Gasteiger charge is -2.45. The Morgan fingerprint density at radius 1 is 1.19 bits per heavy atom. The van der Waals surface area contributed by atoms with Gasteiger partial charge in [-0.25, -0.2) is 23.1 Å². The molecule has 1 saturated carbocycles. The summed E-state index contributed by atoms with van der Waals surface area (Å²) in [5, 5.41) is 0.648. The van der Waals surface area contributed by atoms with Gasteiger partial charge in [0.05, 0.1) is 16.7 Å². The largest absolute Gasteiger partial charge is 0.393 e. The molecule has 1 saturated heterocycles. The van der Waals surface area contributed by atoms with Crippen LogP contribution in [0, 0.1) is 5.41 Å². The average molecular weight is 483 g/mol. The van der Waals surface area contributed by atoms with Crippen molar-refractivity contribution in [2.75, 3.05) is 18.0 Å². The van der Waals surface area contributed by atoms with Gasteiger partial charge < -0.3 is 4.90 Å². The van der Waals surface area contributed by atoms with Crippen LogP contribution >= 0.6 is 11.3 Å². The summed E-state index contributed by atoms with van der Waals surface area (Å²) in [6, 6.07) is 9.73. The number of thiophene rings is 1. The van der Waals surface area contributed by atoms with Gasteiger partial charge in [0.1, 0.15) is 17.0 Å². The maximum atomic E-state index is 12.8. The molecule has 170 valence electrons. The number of nitrogens with one attached hydrogen (secondary N) is 1. The molecule has 6 nitrogen and oxygen atoms in total. The van der Waals surface area contributed by atoms with E-state index in [-0.39, 0.29) is 21.2 Å². The second-order valence-corrected chi connectivity index (χ2v) is 11.5. The molecule has 0 amide bonds. The standard InChI is InChI=1S/C21H21F3N4O2S2/c22-21(23,24)11-15-8-17-18(25-13-26-19(17)31-15)28-7-6-20(12-28)9-14(10-20)27-32(29,30)16-4-2-1-3-5-16/h1-5,8,13-14,27H,6-7,9-12H2. The van der Waals surface area contributed by atoms with E-state index in [4.69, 9.17) is 0 Å². The van der Waals surface area contributed by atoms with Crippen LogP contribution in [0.2, 0.25) is 0 Å². The van der Waals surface area contributed by atoms with E-state index in [0.717, 1.165) is 37.1 Å². The predicted molar refractivity (Wildman–Crippen MR) is 116 cm³/mol. The average Bonchev–Trinajstić information content (AvgIpc) is 3.30. The lowest BCUT2D eigenvalue weighted by molar-refractivity contribution is -0.126. The van der Waals surface area contributed by atoms with Gasteiger partial charge >= 0.3 is 6.18 Å². The van der Waals surface area contributed by atoms with Crippen LogP contribution in [-0.4, -0.2) is 43.7 Å². The van der Waals surface area contributed by atoms with Crippen LogP contribution in [-0.2, 0) is 16.4 Å². The summed E-state index contributed by atoms with van der Waals surface area (Å²) in [5.41, 5.74) is -0.00797. The molecule has 2 fully saturated rings. The molecule has 1 aromatic carbocycles. The van der Waals surface area contributed by atoms with Crippen LogP contribution in [0.1, 0.15) is 24.1 Å². The first-order valence-electron chi connectivity index (χ1n) is 10.3. The minimum atomic E-state index is -4.26. The number of benzene rings is 1. The quantitative estimate of drug-likeness (QED) is 0.592. The number of fused-ring (bicyclic) bond motifs is 1. The van der Waals surface area contributed by atoms with Crippen molar-refractivity contribution < 1.29 is 21.6 Å². The summed E-state index contributed by atoms with van der Waals surface area (Å²) in [5.74, 6) is 0.657. The monoisotopic (exact) mass is 482 g/mol. The van der Waals surface area contributed by atoms with Crippen LogP contribution in [0.4, 0.5) is 19.0 Å². The number of alkyl halides is 3. The number of rotatable bonds is 5. The lowest BCUT2D eigenvalue weighted by atomic mass is 9.65. The van der Waals surface area contributed by atoms with Gasteiger partial charge in [-0.2, -0.15) is 13.2 Å². The SMILES string of the molecule is O=S(=O)(NC1CC2(CCN(c3ncnc4sc(CC(F)(F)F)cc34)C2)C1)c1ccccc1. The zero-order valence-corrected chi connectivity index (χ0v) is 18.6. The van der Waals surface area contributed by atoms with Crippen molar-refractivity contribution in [2.24, 2.45) is 5.41 Å². The van der Waals surface area contributed by atoms with E-state index in [1.54, 1.807) is 36.4 Å². The molecule has 2 aliphatic rings. The van der Waals surface area contributed by atoms with Gasteiger partial charge in [0, 0.05) is 24.0 Å². The zero-order chi connectivity index (χ0) is 22.6. The summed E-state index contributed by atoms with van der Waals surface area (Å²) in [7, 11) is -3.55. The minimum absolute atomic E-state index is 0.00797. The summed E-state index contributed by atoms with van der Waals surface area (Å²) < 4.78 is 66.3. The van der Waals surface area contributed by atoms with Crippen LogP contribution in [0.3, 0.4) is 0 Å². The van der Waals surface area contributed by atoms with Crippen LogP contribution < -0.4 is 9.62 Å². The molecule has 1 aliphatic heterocycles. The van der Waals surface area contributed by atoms with E-state index in [0.29, 0.717) is 22.6 Å². The molecular formula is C21H21F3N4O2S2. The van der Waals surface area contributed by atoms with Gasteiger partial charge in [-0.1, -0.05) is 18.2 Å². The fourth-order valence-electron chi connectivity index (χ4n) is 4.83. The number of anilines is 1. The van der Waals surface area contributed by atoms with Crippen LogP contribution in [0.25, 0.3) is 10.2 Å². The molecule has 3 heterocycles. The Kier molecular flexibility index (Phi) is 5.18. The van der Waals surface area contributed by atoms with Gasteiger partial charge in [0.15, 0.2) is 0 Å². The van der Waals surface area contributed by atoms with Gasteiger partial charge in [-0.15, -0.1) is 11.3 Å². The topological polar surface area (TPSA) is 75.2 Å². The molecule has 0 bridgehead atoms. The summed E-state index contributed by atoms with van der Waals surface area (Å²) in [6.45, 7) is 1.43. The molecule has 1 spiro atoms. The first kappa shape index (κ1) is 21.6. The first-order valence-corrected chi connectivity index (χ1v) is 12.6. The van der Waals surface area contributed by atoms with E-state index < -0.39 is 22.6 Å². The second kappa shape index (κ2) is 7.67. The lowest BCUT2D eigenvalue weighted by Crippen LogP contribution is -2.51. The number of sulfonamides is 1. The third kappa shape index (κ3) is 4.20. The van der Waals surface area contributed by atoms with Crippen molar-refractivity contribution in [3.63, 3.8) is 0 Å². The highest BCUT2D eigenvalue weighted by atomic mass is 32.2. The van der Waals surface area contributed by atoms with Crippen LogP contribution in [0.15, 0.2) is 47.6 Å². The summed E-state index contributed by atoms with van der Waals surface area (Å²) in [4.78, 5) is 11.6. The van der Waals surface area contributed by atoms with E-state index in [1.165, 1.54) is 6.33 Å². The highest BCUT2D eigenvalue weighted by molar-refractivity contribution is 7.89. The Labute approximate surface area is 187 Å². The van der Waals surface area contributed by atoms with Crippen molar-refractivity contribution in [2.45, 2.75) is 42.8 Å². The first-order chi connectivity index (χ1) is 15.1. The van der Waals surface area contributed by atoms with Crippen molar-refractivity contribution in [3.05, 3.63) is 47.6 Å². The molecule has 11 heteroatoms. The Balaban J connectivity index is 1.27. The number of nitrogens with zero attached hydrogens (tertiary/aromatic N) is 3. The Morgan fingerprint density at radius 2 is 1.94 bits per heavy atom. The summed E-state index contributed by atoms with van der Waals surface area (Å²) >= 11 is 1.05. The summed E-state index contributed by atoms with van der Waals surface area (Å²) in [6.07, 6.45) is -1.49. The molecule has 32 heavy (non-hydrogen) atoms. The van der Waals surface area contributed by atoms with E-state index in [1.807, 2.05) is 0 Å². The van der Waals surface area contributed by atoms with Crippen molar-refractivity contribution in [3.8, 4) is 0 Å². The third-order valence-corrected chi connectivity index (χ3v) is 8.79. The van der Waals surface area contributed by atoms with Gasteiger partial charge in [0.25, 0.3) is 0 Å². The van der Waals surface area contributed by atoms with Crippen molar-refractivity contribution in [1.82, 2.24) is 14.7 Å². The fraction of sp³-hybridized carbons (Fsp3) is 0.429. The Morgan fingerprint density at radius 3 is 2.66 bits per heavy atom. The molecule has 5 rings (SSSR count). The van der Waals surface area contributed by atoms with E-state index in [9.17, 15) is 21.6 Å². The fourth-order valence-corrected chi connectivity index (χ4v) is 7.11. The molecule has 0 radical (unpaired) electrons. The zero-order valence-electron chi connectivity index (χ0n) is 17.0. The highest BCUT2D eigenvalue weighted by Gasteiger charge is 2.50. The van der Waals surface area contributed by atoms with Crippen LogP contribution in [0.5, 0.6) is 0 Å². The van der Waals surface area contributed by atoms with Gasteiger partial charge in [0.2, 0.25) is 10.0 Å². The molecule has 3 aromatic rings. The highest BCUT2D eigenvalue weighted by Crippen LogP contribution is 2.50. The number of hydrogen-bond donors (Lipinski definition) is 1. The number of hydrogen-bond acceptors (Lipinski definition) is 6. The molecular weight excluding hydrogens is 461 g/mol.